The molecular weight excluding hydrogens is 280 g/mol. The van der Waals surface area contributed by atoms with E-state index < -0.39 is 9.84 Å². The lowest BCUT2D eigenvalue weighted by Gasteiger charge is -2.35. The standard InChI is InChI=1S/C13H22N2O2S2/c1-13(6-7-19(16,17)9-13)15-12-14-11-5-3-2-4-10(11)8-18-12/h10-11H,2-9H2,1H3,(H,14,15). The van der Waals surface area contributed by atoms with E-state index in [-0.39, 0.29) is 11.3 Å². The van der Waals surface area contributed by atoms with Gasteiger partial charge in [0, 0.05) is 5.75 Å². The number of sulfone groups is 1. The molecule has 0 amide bonds. The first-order valence-electron chi connectivity index (χ1n) is 7.15. The van der Waals surface area contributed by atoms with E-state index in [9.17, 15) is 8.42 Å². The third-order valence-corrected chi connectivity index (χ3v) is 7.48. The number of hydrogen-bond acceptors (Lipinski definition) is 5. The number of hydrogen-bond donors (Lipinski definition) is 1. The van der Waals surface area contributed by atoms with E-state index in [1.807, 2.05) is 6.92 Å². The first-order chi connectivity index (χ1) is 8.96. The van der Waals surface area contributed by atoms with Crippen molar-refractivity contribution in [2.45, 2.75) is 50.6 Å². The summed E-state index contributed by atoms with van der Waals surface area (Å²) in [5, 5.41) is 4.39. The van der Waals surface area contributed by atoms with Gasteiger partial charge in [-0.3, -0.25) is 4.99 Å². The fourth-order valence-electron chi connectivity index (χ4n) is 3.36. The lowest BCUT2D eigenvalue weighted by atomic mass is 9.86. The Balaban J connectivity index is 1.69. The predicted octanol–water partition coefficient (Wildman–Crippen LogP) is 1.81. The lowest BCUT2D eigenvalue weighted by molar-refractivity contribution is 0.334. The first kappa shape index (κ1) is 13.7. The van der Waals surface area contributed by atoms with Crippen LogP contribution in [0.15, 0.2) is 4.99 Å². The molecule has 3 atom stereocenters. The van der Waals surface area contributed by atoms with E-state index in [0.717, 1.165) is 16.8 Å². The molecule has 1 aliphatic carbocycles. The SMILES string of the molecule is CC1(NC2=NC3CCCCC3CS2)CCS(=O)(=O)C1. The zero-order valence-electron chi connectivity index (χ0n) is 11.4. The number of amidine groups is 1. The number of nitrogens with zero attached hydrogens (tertiary/aromatic N) is 1. The minimum absolute atomic E-state index is 0.244. The van der Waals surface area contributed by atoms with Crippen LogP contribution < -0.4 is 5.32 Å². The molecule has 0 aromatic heterocycles. The number of thioether (sulfide) groups is 1. The second-order valence-corrected chi connectivity index (χ2v) is 9.58. The molecule has 6 heteroatoms. The Bertz CT molecular complexity index is 489. The van der Waals surface area contributed by atoms with Gasteiger partial charge < -0.3 is 5.32 Å². The Kier molecular flexibility index (Phi) is 3.58. The van der Waals surface area contributed by atoms with Crippen molar-refractivity contribution in [3.05, 3.63) is 0 Å². The quantitative estimate of drug-likeness (QED) is 0.802. The molecule has 0 aromatic carbocycles. The maximum atomic E-state index is 11.6. The summed E-state index contributed by atoms with van der Waals surface area (Å²) in [5.41, 5.74) is -0.313. The Hall–Kier alpha value is -0.230. The number of aliphatic imine (C=N–C) groups is 1. The van der Waals surface area contributed by atoms with Gasteiger partial charge in [-0.1, -0.05) is 24.6 Å². The van der Waals surface area contributed by atoms with Crippen molar-refractivity contribution in [1.82, 2.24) is 5.32 Å². The zero-order valence-corrected chi connectivity index (χ0v) is 13.0. The highest BCUT2D eigenvalue weighted by Crippen LogP contribution is 2.34. The minimum atomic E-state index is -2.85. The van der Waals surface area contributed by atoms with Gasteiger partial charge >= 0.3 is 0 Å². The van der Waals surface area contributed by atoms with E-state index in [2.05, 4.69) is 5.32 Å². The predicted molar refractivity (Wildman–Crippen MR) is 80.5 cm³/mol. The van der Waals surface area contributed by atoms with Crippen molar-refractivity contribution < 1.29 is 8.42 Å². The Morgan fingerprint density at radius 2 is 2.16 bits per heavy atom. The van der Waals surface area contributed by atoms with E-state index in [1.54, 1.807) is 11.8 Å². The van der Waals surface area contributed by atoms with Gasteiger partial charge in [0.1, 0.15) is 0 Å². The maximum Gasteiger partial charge on any atom is 0.157 e. The number of fused-ring (bicyclic) bond motifs is 1. The number of rotatable bonds is 1. The monoisotopic (exact) mass is 302 g/mol. The summed E-state index contributed by atoms with van der Waals surface area (Å²) >= 11 is 1.78. The first-order valence-corrected chi connectivity index (χ1v) is 9.96. The molecular formula is C13H22N2O2S2. The second kappa shape index (κ2) is 4.95. The van der Waals surface area contributed by atoms with E-state index in [1.165, 1.54) is 25.7 Å². The summed E-state index contributed by atoms with van der Waals surface area (Å²) in [6.45, 7) is 2.01. The minimum Gasteiger partial charge on any atom is -0.359 e. The Morgan fingerprint density at radius 1 is 1.37 bits per heavy atom. The Labute approximate surface area is 119 Å². The normalized spacial score (nSPS) is 41.4. The molecule has 3 aliphatic rings. The number of nitrogens with one attached hydrogen (secondary N) is 1. The van der Waals surface area contributed by atoms with Crippen molar-refractivity contribution >= 4 is 26.8 Å². The molecule has 2 heterocycles. The molecule has 0 radical (unpaired) electrons. The van der Waals surface area contributed by atoms with Gasteiger partial charge in [-0.05, 0) is 32.1 Å². The van der Waals surface area contributed by atoms with Gasteiger partial charge in [0.25, 0.3) is 0 Å². The molecule has 1 saturated carbocycles. The molecule has 4 nitrogen and oxygen atoms in total. The van der Waals surface area contributed by atoms with Gasteiger partial charge in [-0.2, -0.15) is 0 Å². The van der Waals surface area contributed by atoms with Gasteiger partial charge in [-0.25, -0.2) is 8.42 Å². The fraction of sp³-hybridized carbons (Fsp3) is 0.923. The average Bonchev–Trinajstić information content (AvgIpc) is 2.63. The van der Waals surface area contributed by atoms with Crippen LogP contribution in [0.4, 0.5) is 0 Å². The van der Waals surface area contributed by atoms with Crippen LogP contribution in [0.5, 0.6) is 0 Å². The van der Waals surface area contributed by atoms with Crippen LogP contribution in [0.25, 0.3) is 0 Å². The molecule has 108 valence electrons. The van der Waals surface area contributed by atoms with Crippen molar-refractivity contribution in [1.29, 1.82) is 0 Å². The fourth-order valence-corrected chi connectivity index (χ4v) is 6.74. The van der Waals surface area contributed by atoms with Crippen molar-refractivity contribution in [3.8, 4) is 0 Å². The van der Waals surface area contributed by atoms with Crippen molar-refractivity contribution in [2.24, 2.45) is 10.9 Å². The second-order valence-electron chi connectivity index (χ2n) is 6.38. The third kappa shape index (κ3) is 3.10. The summed E-state index contributed by atoms with van der Waals surface area (Å²) in [4.78, 5) is 4.83. The zero-order chi connectivity index (χ0) is 13.5. The lowest BCUT2D eigenvalue weighted by Crippen LogP contribution is -2.48. The summed E-state index contributed by atoms with van der Waals surface area (Å²) in [7, 11) is -2.85. The smallest absolute Gasteiger partial charge is 0.157 e. The van der Waals surface area contributed by atoms with Crippen LogP contribution in [0, 0.1) is 5.92 Å². The largest absolute Gasteiger partial charge is 0.359 e. The van der Waals surface area contributed by atoms with E-state index >= 15 is 0 Å². The third-order valence-electron chi connectivity index (χ3n) is 4.50. The van der Waals surface area contributed by atoms with Crippen molar-refractivity contribution in [3.63, 3.8) is 0 Å². The topological polar surface area (TPSA) is 58.5 Å². The highest BCUT2D eigenvalue weighted by atomic mass is 32.2. The summed E-state index contributed by atoms with van der Waals surface area (Å²) in [6.07, 6.45) is 5.83. The molecule has 3 rings (SSSR count). The van der Waals surface area contributed by atoms with Crippen LogP contribution >= 0.6 is 11.8 Å². The maximum absolute atomic E-state index is 11.6. The molecule has 0 bridgehead atoms. The molecule has 3 unspecified atom stereocenters. The van der Waals surface area contributed by atoms with Gasteiger partial charge in [0.15, 0.2) is 15.0 Å². The molecule has 0 aromatic rings. The molecule has 0 spiro atoms. The van der Waals surface area contributed by atoms with Gasteiger partial charge in [0.2, 0.25) is 0 Å². The van der Waals surface area contributed by atoms with Crippen LogP contribution in [0.1, 0.15) is 39.0 Å². The highest BCUT2D eigenvalue weighted by Gasteiger charge is 2.40. The average molecular weight is 302 g/mol. The van der Waals surface area contributed by atoms with E-state index in [4.69, 9.17) is 4.99 Å². The van der Waals surface area contributed by atoms with Crippen LogP contribution in [0.3, 0.4) is 0 Å². The van der Waals surface area contributed by atoms with Gasteiger partial charge in [-0.15, -0.1) is 0 Å². The molecule has 2 aliphatic heterocycles. The van der Waals surface area contributed by atoms with Crippen LogP contribution in [-0.2, 0) is 9.84 Å². The van der Waals surface area contributed by atoms with E-state index in [0.29, 0.717) is 18.2 Å². The van der Waals surface area contributed by atoms with Crippen LogP contribution in [0.2, 0.25) is 0 Å². The molecule has 2 fully saturated rings. The molecule has 1 N–H and O–H groups in total. The Morgan fingerprint density at radius 3 is 2.89 bits per heavy atom. The van der Waals surface area contributed by atoms with Crippen molar-refractivity contribution in [2.75, 3.05) is 17.3 Å². The van der Waals surface area contributed by atoms with Gasteiger partial charge in [0.05, 0.1) is 23.1 Å². The summed E-state index contributed by atoms with van der Waals surface area (Å²) in [5.74, 6) is 2.43. The summed E-state index contributed by atoms with van der Waals surface area (Å²) < 4.78 is 23.3. The molecule has 19 heavy (non-hydrogen) atoms. The molecule has 1 saturated heterocycles. The van der Waals surface area contributed by atoms with Crippen LogP contribution in [-0.4, -0.2) is 42.4 Å². The summed E-state index contributed by atoms with van der Waals surface area (Å²) in [6, 6.07) is 0.471. The highest BCUT2D eigenvalue weighted by molar-refractivity contribution is 8.13.